The monoisotopic (exact) mass is 317 g/mol. The van der Waals surface area contributed by atoms with E-state index in [0.29, 0.717) is 6.61 Å². The minimum absolute atomic E-state index is 0.598. The predicted molar refractivity (Wildman–Crippen MR) is 98.9 cm³/mol. The minimum Gasteiger partial charge on any atom is -0.489 e. The topological polar surface area (TPSA) is 21.3 Å². The van der Waals surface area contributed by atoms with Crippen LogP contribution in [0.25, 0.3) is 0 Å². The molecule has 3 rings (SSSR count). The molecule has 3 aromatic rings. The Kier molecular flexibility index (Phi) is 5.65. The van der Waals surface area contributed by atoms with Crippen molar-refractivity contribution in [1.82, 2.24) is 5.32 Å². The Morgan fingerprint density at radius 2 is 1.38 bits per heavy atom. The van der Waals surface area contributed by atoms with Crippen LogP contribution in [0, 0.1) is 6.92 Å². The highest BCUT2D eigenvalue weighted by molar-refractivity contribution is 5.29. The van der Waals surface area contributed by atoms with Gasteiger partial charge in [-0.1, -0.05) is 72.3 Å². The number of hydrogen-bond donors (Lipinski definition) is 1. The fraction of sp³-hybridized carbons (Fsp3) is 0.182. The summed E-state index contributed by atoms with van der Waals surface area (Å²) in [5.74, 6) is 0.911. The maximum absolute atomic E-state index is 5.89. The number of aryl methyl sites for hydroxylation is 1. The molecule has 0 saturated carbocycles. The van der Waals surface area contributed by atoms with E-state index in [2.05, 4.69) is 60.8 Å². The molecule has 0 saturated heterocycles. The highest BCUT2D eigenvalue weighted by atomic mass is 16.5. The molecule has 2 heteroatoms. The Morgan fingerprint density at radius 1 is 0.708 bits per heavy atom. The van der Waals surface area contributed by atoms with E-state index < -0.39 is 0 Å². The van der Waals surface area contributed by atoms with Crippen molar-refractivity contribution in [3.63, 3.8) is 0 Å². The Bertz CT molecular complexity index is 768. The van der Waals surface area contributed by atoms with Gasteiger partial charge >= 0.3 is 0 Å². The molecule has 0 radical (unpaired) electrons. The Balaban J connectivity index is 1.51. The normalized spacial score (nSPS) is 10.5. The molecule has 0 amide bonds. The van der Waals surface area contributed by atoms with Crippen molar-refractivity contribution in [2.24, 2.45) is 0 Å². The van der Waals surface area contributed by atoms with Gasteiger partial charge in [0, 0.05) is 13.1 Å². The summed E-state index contributed by atoms with van der Waals surface area (Å²) in [4.78, 5) is 0. The zero-order valence-corrected chi connectivity index (χ0v) is 14.0. The fourth-order valence-electron chi connectivity index (χ4n) is 2.66. The van der Waals surface area contributed by atoms with E-state index in [1.165, 1.54) is 22.3 Å². The first-order chi connectivity index (χ1) is 11.8. The van der Waals surface area contributed by atoms with Crippen molar-refractivity contribution in [2.45, 2.75) is 26.6 Å². The van der Waals surface area contributed by atoms with Crippen molar-refractivity contribution in [2.75, 3.05) is 0 Å². The average Bonchev–Trinajstić information content (AvgIpc) is 2.61. The molecule has 1 N–H and O–H groups in total. The first kappa shape index (κ1) is 16.3. The summed E-state index contributed by atoms with van der Waals surface area (Å²) in [7, 11) is 0. The van der Waals surface area contributed by atoms with Crippen LogP contribution in [0.1, 0.15) is 22.3 Å². The molecule has 0 unspecified atom stereocenters. The van der Waals surface area contributed by atoms with Crippen molar-refractivity contribution < 1.29 is 4.74 Å². The van der Waals surface area contributed by atoms with Crippen LogP contribution < -0.4 is 10.1 Å². The third kappa shape index (κ3) is 4.97. The molecule has 0 aromatic heterocycles. The molecule has 0 fully saturated rings. The van der Waals surface area contributed by atoms with Crippen LogP contribution in [0.15, 0.2) is 78.9 Å². The Labute approximate surface area is 144 Å². The fourth-order valence-corrected chi connectivity index (χ4v) is 2.66. The molecule has 24 heavy (non-hydrogen) atoms. The Hall–Kier alpha value is -2.58. The third-order valence-corrected chi connectivity index (χ3v) is 3.89. The van der Waals surface area contributed by atoms with Crippen molar-refractivity contribution in [1.29, 1.82) is 0 Å². The van der Waals surface area contributed by atoms with Gasteiger partial charge in [0.2, 0.25) is 0 Å². The standard InChI is InChI=1S/C22H23NO/c1-18-7-5-10-20(13-18)15-23-16-21-11-6-12-22(14-21)24-17-19-8-3-2-4-9-19/h2-14,23H,15-17H2,1H3. The predicted octanol–water partition coefficient (Wildman–Crippen LogP) is 4.86. The first-order valence-corrected chi connectivity index (χ1v) is 8.31. The molecule has 122 valence electrons. The van der Waals surface area contributed by atoms with Gasteiger partial charge in [-0.2, -0.15) is 0 Å². The van der Waals surface area contributed by atoms with Gasteiger partial charge in [0.15, 0.2) is 0 Å². The highest BCUT2D eigenvalue weighted by Crippen LogP contribution is 2.15. The lowest BCUT2D eigenvalue weighted by Gasteiger charge is -2.09. The molecule has 0 bridgehead atoms. The van der Waals surface area contributed by atoms with Crippen LogP contribution in [0.2, 0.25) is 0 Å². The maximum atomic E-state index is 5.89. The smallest absolute Gasteiger partial charge is 0.120 e. The van der Waals surface area contributed by atoms with E-state index in [4.69, 9.17) is 4.74 Å². The summed E-state index contributed by atoms with van der Waals surface area (Å²) in [5.41, 5.74) is 5.02. The molecule has 0 aliphatic heterocycles. The lowest BCUT2D eigenvalue weighted by Crippen LogP contribution is -2.12. The summed E-state index contributed by atoms with van der Waals surface area (Å²) in [6, 6.07) is 27.1. The molecule has 2 nitrogen and oxygen atoms in total. The molecule has 0 aliphatic carbocycles. The van der Waals surface area contributed by atoms with Crippen LogP contribution in [0.4, 0.5) is 0 Å². The van der Waals surface area contributed by atoms with Crippen LogP contribution >= 0.6 is 0 Å². The van der Waals surface area contributed by atoms with Gasteiger partial charge in [0.1, 0.15) is 12.4 Å². The zero-order valence-electron chi connectivity index (χ0n) is 14.0. The number of nitrogens with one attached hydrogen (secondary N) is 1. The van der Waals surface area contributed by atoms with Crippen LogP contribution in [-0.4, -0.2) is 0 Å². The number of ether oxygens (including phenoxy) is 1. The van der Waals surface area contributed by atoms with E-state index in [-0.39, 0.29) is 0 Å². The summed E-state index contributed by atoms with van der Waals surface area (Å²) < 4.78 is 5.89. The minimum atomic E-state index is 0.598. The molecule has 0 atom stereocenters. The van der Waals surface area contributed by atoms with Gasteiger partial charge in [-0.3, -0.25) is 0 Å². The quantitative estimate of drug-likeness (QED) is 0.671. The average molecular weight is 317 g/mol. The van der Waals surface area contributed by atoms with Crippen LogP contribution in [0.5, 0.6) is 5.75 Å². The van der Waals surface area contributed by atoms with E-state index in [9.17, 15) is 0 Å². The zero-order chi connectivity index (χ0) is 16.6. The van der Waals surface area contributed by atoms with Gasteiger partial charge in [0.05, 0.1) is 0 Å². The van der Waals surface area contributed by atoms with Gasteiger partial charge in [-0.05, 0) is 35.7 Å². The van der Waals surface area contributed by atoms with Gasteiger partial charge in [-0.25, -0.2) is 0 Å². The van der Waals surface area contributed by atoms with E-state index in [0.717, 1.165) is 18.8 Å². The van der Waals surface area contributed by atoms with E-state index in [1.807, 2.05) is 30.3 Å². The number of benzene rings is 3. The lowest BCUT2D eigenvalue weighted by molar-refractivity contribution is 0.306. The van der Waals surface area contributed by atoms with Gasteiger partial charge in [0.25, 0.3) is 0 Å². The van der Waals surface area contributed by atoms with Crippen molar-refractivity contribution >= 4 is 0 Å². The molecular formula is C22H23NO. The SMILES string of the molecule is Cc1cccc(CNCc2cccc(OCc3ccccc3)c2)c1. The van der Waals surface area contributed by atoms with Crippen molar-refractivity contribution in [3.05, 3.63) is 101 Å². The molecule has 0 aliphatic rings. The van der Waals surface area contributed by atoms with Gasteiger partial charge < -0.3 is 10.1 Å². The molecule has 0 spiro atoms. The number of hydrogen-bond acceptors (Lipinski definition) is 2. The van der Waals surface area contributed by atoms with E-state index >= 15 is 0 Å². The number of rotatable bonds is 7. The molecule has 0 heterocycles. The molecular weight excluding hydrogens is 294 g/mol. The second kappa shape index (κ2) is 8.32. The van der Waals surface area contributed by atoms with Crippen molar-refractivity contribution in [3.8, 4) is 5.75 Å². The second-order valence-corrected chi connectivity index (χ2v) is 6.01. The van der Waals surface area contributed by atoms with E-state index in [1.54, 1.807) is 0 Å². The van der Waals surface area contributed by atoms with Crippen LogP contribution in [0.3, 0.4) is 0 Å². The highest BCUT2D eigenvalue weighted by Gasteiger charge is 1.99. The van der Waals surface area contributed by atoms with Gasteiger partial charge in [-0.15, -0.1) is 0 Å². The third-order valence-electron chi connectivity index (χ3n) is 3.89. The Morgan fingerprint density at radius 3 is 2.12 bits per heavy atom. The summed E-state index contributed by atoms with van der Waals surface area (Å²) >= 11 is 0. The summed E-state index contributed by atoms with van der Waals surface area (Å²) in [5, 5.41) is 3.49. The largest absolute Gasteiger partial charge is 0.489 e. The lowest BCUT2D eigenvalue weighted by atomic mass is 10.1. The van der Waals surface area contributed by atoms with Crippen LogP contribution in [-0.2, 0) is 19.7 Å². The first-order valence-electron chi connectivity index (χ1n) is 8.31. The molecule has 3 aromatic carbocycles. The maximum Gasteiger partial charge on any atom is 0.120 e. The second-order valence-electron chi connectivity index (χ2n) is 6.01. The summed E-state index contributed by atoms with van der Waals surface area (Å²) in [6.45, 7) is 4.42. The summed E-state index contributed by atoms with van der Waals surface area (Å²) in [6.07, 6.45) is 0.